The number of hydrogen-bond acceptors (Lipinski definition) is 4. The van der Waals surface area contributed by atoms with Gasteiger partial charge >= 0.3 is 0 Å². The van der Waals surface area contributed by atoms with Crippen molar-refractivity contribution in [2.75, 3.05) is 18.9 Å². The Morgan fingerprint density at radius 1 is 1.56 bits per heavy atom. The first-order valence-corrected chi connectivity index (χ1v) is 6.59. The molecule has 100 valence electrons. The molecule has 0 aromatic carbocycles. The second-order valence-electron chi connectivity index (χ2n) is 3.75. The van der Waals surface area contributed by atoms with E-state index >= 15 is 0 Å². The molecule has 1 amide bonds. The molecule has 7 heteroatoms. The highest BCUT2D eigenvalue weighted by Crippen LogP contribution is 2.15. The van der Waals surface area contributed by atoms with Crippen LogP contribution in [-0.2, 0) is 11.3 Å². The Hall–Kier alpha value is -1.37. The van der Waals surface area contributed by atoms with Crippen LogP contribution in [0.15, 0.2) is 15.5 Å². The van der Waals surface area contributed by atoms with Crippen LogP contribution in [-0.4, -0.2) is 29.3 Å². The third-order valence-electron chi connectivity index (χ3n) is 2.37. The predicted molar refractivity (Wildman–Crippen MR) is 73.7 cm³/mol. The van der Waals surface area contributed by atoms with Crippen molar-refractivity contribution in [3.05, 3.63) is 21.0 Å². The van der Waals surface area contributed by atoms with Gasteiger partial charge in [0.15, 0.2) is 0 Å². The fourth-order valence-electron chi connectivity index (χ4n) is 1.40. The summed E-state index contributed by atoms with van der Waals surface area (Å²) in [5.41, 5.74) is 0.443. The number of hydrogen-bond donors (Lipinski definition) is 2. The van der Waals surface area contributed by atoms with Gasteiger partial charge < -0.3 is 10.6 Å². The molecule has 0 bridgehead atoms. The molecule has 0 saturated heterocycles. The number of halogens is 1. The molecule has 0 fully saturated rings. The van der Waals surface area contributed by atoms with Crippen LogP contribution in [0.3, 0.4) is 0 Å². The van der Waals surface area contributed by atoms with Crippen molar-refractivity contribution in [3.8, 4) is 0 Å². The Kier molecular flexibility index (Phi) is 5.84. The van der Waals surface area contributed by atoms with Crippen LogP contribution in [0, 0.1) is 0 Å². The minimum atomic E-state index is -0.165. The lowest BCUT2D eigenvalue weighted by Gasteiger charge is -2.09. The van der Waals surface area contributed by atoms with E-state index in [1.807, 2.05) is 6.92 Å². The van der Waals surface area contributed by atoms with Crippen LogP contribution in [0.4, 0.5) is 5.69 Å². The van der Waals surface area contributed by atoms with E-state index < -0.39 is 0 Å². The molecule has 2 N–H and O–H groups in total. The van der Waals surface area contributed by atoms with E-state index in [-0.39, 0.29) is 11.5 Å². The lowest BCUT2D eigenvalue weighted by atomic mass is 10.3. The lowest BCUT2D eigenvalue weighted by Crippen LogP contribution is -2.25. The first-order valence-electron chi connectivity index (χ1n) is 5.80. The average molecular weight is 317 g/mol. The molecule has 0 spiro atoms. The number of carbonyl (C=O) groups is 1. The lowest BCUT2D eigenvalue weighted by molar-refractivity contribution is -0.120. The van der Waals surface area contributed by atoms with Crippen molar-refractivity contribution < 1.29 is 4.79 Å². The summed E-state index contributed by atoms with van der Waals surface area (Å²) in [5, 5.41) is 9.59. The maximum Gasteiger partial charge on any atom is 0.283 e. The van der Waals surface area contributed by atoms with Crippen LogP contribution in [0.1, 0.15) is 19.8 Å². The summed E-state index contributed by atoms with van der Waals surface area (Å²) in [4.78, 5) is 22.9. The molecule has 1 aromatic heterocycles. The maximum absolute atomic E-state index is 11.9. The SMILES string of the molecule is CCCn1ncc(NCCC(=O)NC)c(Br)c1=O. The Bertz CT molecular complexity index is 473. The second-order valence-corrected chi connectivity index (χ2v) is 4.54. The van der Waals surface area contributed by atoms with E-state index in [0.717, 1.165) is 6.42 Å². The number of anilines is 1. The van der Waals surface area contributed by atoms with Gasteiger partial charge in [0.05, 0.1) is 11.9 Å². The molecule has 1 aromatic rings. The summed E-state index contributed by atoms with van der Waals surface area (Å²) in [6, 6.07) is 0. The summed E-state index contributed by atoms with van der Waals surface area (Å²) in [5.74, 6) is -0.0501. The fraction of sp³-hybridized carbons (Fsp3) is 0.545. The molecule has 1 rings (SSSR count). The molecular weight excluding hydrogens is 300 g/mol. The largest absolute Gasteiger partial charge is 0.382 e. The van der Waals surface area contributed by atoms with Crippen LogP contribution in [0.2, 0.25) is 0 Å². The quantitative estimate of drug-likeness (QED) is 0.819. The average Bonchev–Trinajstić information content (AvgIpc) is 2.37. The number of nitrogens with zero attached hydrogens (tertiary/aromatic N) is 2. The van der Waals surface area contributed by atoms with Crippen LogP contribution in [0.5, 0.6) is 0 Å². The monoisotopic (exact) mass is 316 g/mol. The van der Waals surface area contributed by atoms with Crippen molar-refractivity contribution in [1.29, 1.82) is 0 Å². The minimum absolute atomic E-state index is 0.0501. The van der Waals surface area contributed by atoms with Crippen molar-refractivity contribution in [2.24, 2.45) is 0 Å². The molecule has 1 heterocycles. The number of aryl methyl sites for hydroxylation is 1. The molecule has 0 radical (unpaired) electrons. The Labute approximate surface area is 114 Å². The Morgan fingerprint density at radius 3 is 2.89 bits per heavy atom. The number of rotatable bonds is 6. The highest BCUT2D eigenvalue weighted by molar-refractivity contribution is 9.10. The van der Waals surface area contributed by atoms with Gasteiger partial charge in [-0.15, -0.1) is 0 Å². The van der Waals surface area contributed by atoms with Crippen LogP contribution >= 0.6 is 15.9 Å². The number of carbonyl (C=O) groups excluding carboxylic acids is 1. The van der Waals surface area contributed by atoms with E-state index in [9.17, 15) is 9.59 Å². The molecule has 18 heavy (non-hydrogen) atoms. The van der Waals surface area contributed by atoms with Crippen molar-refractivity contribution in [1.82, 2.24) is 15.1 Å². The molecular formula is C11H17BrN4O2. The first kappa shape index (κ1) is 14.7. The van der Waals surface area contributed by atoms with E-state index in [2.05, 4.69) is 31.7 Å². The van der Waals surface area contributed by atoms with Crippen molar-refractivity contribution >= 4 is 27.5 Å². The number of aromatic nitrogens is 2. The molecule has 0 aliphatic rings. The van der Waals surface area contributed by atoms with Gasteiger partial charge in [0.1, 0.15) is 4.47 Å². The molecule has 0 aliphatic carbocycles. The molecule has 0 saturated carbocycles. The normalized spacial score (nSPS) is 10.2. The standard InChI is InChI=1S/C11H17BrN4O2/c1-3-6-16-11(18)10(12)8(7-15-16)14-5-4-9(17)13-2/h7,14H,3-6H2,1-2H3,(H,13,17). The molecule has 0 aliphatic heterocycles. The van der Waals surface area contributed by atoms with Gasteiger partial charge in [-0.2, -0.15) is 5.10 Å². The van der Waals surface area contributed by atoms with Gasteiger partial charge in [-0.3, -0.25) is 9.59 Å². The summed E-state index contributed by atoms with van der Waals surface area (Å²) in [6.45, 7) is 3.03. The van der Waals surface area contributed by atoms with Crippen molar-refractivity contribution in [3.63, 3.8) is 0 Å². The summed E-state index contributed by atoms with van der Waals surface area (Å²) >= 11 is 3.25. The highest BCUT2D eigenvalue weighted by Gasteiger charge is 2.08. The van der Waals surface area contributed by atoms with Gasteiger partial charge in [0.25, 0.3) is 5.56 Å². The Morgan fingerprint density at radius 2 is 2.28 bits per heavy atom. The van der Waals surface area contributed by atoms with Crippen LogP contribution in [0.25, 0.3) is 0 Å². The molecule has 6 nitrogen and oxygen atoms in total. The Balaban J connectivity index is 2.70. The first-order chi connectivity index (χ1) is 8.60. The van der Waals surface area contributed by atoms with Gasteiger partial charge in [0.2, 0.25) is 5.91 Å². The predicted octanol–water partition coefficient (Wildman–Crippen LogP) is 0.964. The van der Waals surface area contributed by atoms with E-state index in [4.69, 9.17) is 0 Å². The fourth-order valence-corrected chi connectivity index (χ4v) is 1.84. The summed E-state index contributed by atoms with van der Waals surface area (Å²) in [7, 11) is 1.59. The third-order valence-corrected chi connectivity index (χ3v) is 3.13. The second kappa shape index (κ2) is 7.15. The zero-order chi connectivity index (χ0) is 13.5. The molecule has 0 unspecified atom stereocenters. The van der Waals surface area contributed by atoms with Crippen LogP contribution < -0.4 is 16.2 Å². The third kappa shape index (κ3) is 3.83. The minimum Gasteiger partial charge on any atom is -0.382 e. The topological polar surface area (TPSA) is 76.0 Å². The zero-order valence-corrected chi connectivity index (χ0v) is 12.1. The van der Waals surface area contributed by atoms with E-state index in [1.54, 1.807) is 13.2 Å². The van der Waals surface area contributed by atoms with Crippen molar-refractivity contribution in [2.45, 2.75) is 26.3 Å². The number of amides is 1. The highest BCUT2D eigenvalue weighted by atomic mass is 79.9. The summed E-state index contributed by atoms with van der Waals surface area (Å²) < 4.78 is 1.86. The zero-order valence-electron chi connectivity index (χ0n) is 10.5. The van der Waals surface area contributed by atoms with Gasteiger partial charge in [-0.25, -0.2) is 4.68 Å². The van der Waals surface area contributed by atoms with E-state index in [1.165, 1.54) is 4.68 Å². The van der Waals surface area contributed by atoms with Gasteiger partial charge in [-0.1, -0.05) is 6.92 Å². The van der Waals surface area contributed by atoms with E-state index in [0.29, 0.717) is 29.7 Å². The molecule has 0 atom stereocenters. The smallest absolute Gasteiger partial charge is 0.283 e. The number of nitrogens with one attached hydrogen (secondary N) is 2. The van der Waals surface area contributed by atoms with Gasteiger partial charge in [0, 0.05) is 26.6 Å². The van der Waals surface area contributed by atoms with Gasteiger partial charge in [-0.05, 0) is 22.4 Å². The summed E-state index contributed by atoms with van der Waals surface area (Å²) in [6.07, 6.45) is 2.79. The maximum atomic E-state index is 11.9.